The van der Waals surface area contributed by atoms with Crippen LogP contribution < -0.4 is 15.4 Å². The number of carbonyl (C=O) groups excluding carboxylic acids is 2. The van der Waals surface area contributed by atoms with E-state index in [0.29, 0.717) is 11.7 Å². The highest BCUT2D eigenvalue weighted by molar-refractivity contribution is 7.18. The summed E-state index contributed by atoms with van der Waals surface area (Å²) in [5.74, 6) is -0.419. The molecule has 0 aliphatic rings. The molecule has 0 unspecified atom stereocenters. The van der Waals surface area contributed by atoms with Crippen molar-refractivity contribution in [2.45, 2.75) is 20.4 Å². The Morgan fingerprint density at radius 1 is 1.23 bits per heavy atom. The fourth-order valence-electron chi connectivity index (χ4n) is 2.64. The quantitative estimate of drug-likeness (QED) is 0.418. The minimum atomic E-state index is -0.572. The lowest BCUT2D eigenvalue weighted by atomic mass is 10.1. The molecule has 0 spiro atoms. The molecule has 1 aromatic carbocycles. The summed E-state index contributed by atoms with van der Waals surface area (Å²) in [7, 11) is 1.39. The van der Waals surface area contributed by atoms with E-state index in [1.54, 1.807) is 0 Å². The molecule has 0 fully saturated rings. The first-order valence-corrected chi connectivity index (χ1v) is 10.4. The summed E-state index contributed by atoms with van der Waals surface area (Å²) < 4.78 is 5.15. The smallest absolute Gasteiger partial charge is 0.270 e. The van der Waals surface area contributed by atoms with E-state index >= 15 is 0 Å². The number of benzene rings is 1. The number of thiazole rings is 1. The van der Waals surface area contributed by atoms with Gasteiger partial charge in [-0.2, -0.15) is 0 Å². The average Bonchev–Trinajstić information content (AvgIpc) is 3.31. The third kappa shape index (κ3) is 4.81. The molecule has 30 heavy (non-hydrogen) atoms. The van der Waals surface area contributed by atoms with Crippen LogP contribution in [0.2, 0.25) is 0 Å². The SMILES string of the molecule is COc1ccc([N+](=O)[O-])cc1C(=O)Nc1nc(-c2ccc(CNC(C)=O)s2)c(C)s1. The zero-order valence-electron chi connectivity index (χ0n) is 16.3. The first-order chi connectivity index (χ1) is 14.3. The fourth-order valence-corrected chi connectivity index (χ4v) is 4.52. The Morgan fingerprint density at radius 2 is 2.00 bits per heavy atom. The molecule has 156 valence electrons. The summed E-state index contributed by atoms with van der Waals surface area (Å²) in [6.07, 6.45) is 0. The van der Waals surface area contributed by atoms with Crippen molar-refractivity contribution in [1.29, 1.82) is 0 Å². The number of thiophene rings is 1. The second-order valence-electron chi connectivity index (χ2n) is 6.20. The molecule has 11 heteroatoms. The van der Waals surface area contributed by atoms with Gasteiger partial charge in [0.1, 0.15) is 5.75 Å². The normalized spacial score (nSPS) is 10.5. The van der Waals surface area contributed by atoms with Gasteiger partial charge in [-0.3, -0.25) is 25.0 Å². The molecule has 0 aliphatic carbocycles. The van der Waals surface area contributed by atoms with Crippen molar-refractivity contribution in [2.75, 3.05) is 12.4 Å². The zero-order chi connectivity index (χ0) is 21.8. The molecule has 0 radical (unpaired) electrons. The van der Waals surface area contributed by atoms with Crippen molar-refractivity contribution in [3.63, 3.8) is 0 Å². The Morgan fingerprint density at radius 3 is 2.67 bits per heavy atom. The zero-order valence-corrected chi connectivity index (χ0v) is 18.0. The van der Waals surface area contributed by atoms with E-state index in [1.165, 1.54) is 54.9 Å². The highest BCUT2D eigenvalue weighted by Gasteiger charge is 2.20. The second-order valence-corrected chi connectivity index (χ2v) is 8.57. The van der Waals surface area contributed by atoms with Gasteiger partial charge >= 0.3 is 0 Å². The molecule has 0 aliphatic heterocycles. The van der Waals surface area contributed by atoms with Crippen LogP contribution in [0, 0.1) is 17.0 Å². The number of methoxy groups -OCH3 is 1. The number of nitrogens with one attached hydrogen (secondary N) is 2. The third-order valence-electron chi connectivity index (χ3n) is 4.06. The number of ether oxygens (including phenoxy) is 1. The number of hydrogen-bond acceptors (Lipinski definition) is 8. The van der Waals surface area contributed by atoms with Crippen molar-refractivity contribution < 1.29 is 19.2 Å². The lowest BCUT2D eigenvalue weighted by Gasteiger charge is -2.07. The van der Waals surface area contributed by atoms with Gasteiger partial charge in [-0.15, -0.1) is 22.7 Å². The number of aromatic nitrogens is 1. The molecule has 3 aromatic rings. The van der Waals surface area contributed by atoms with Gasteiger partial charge < -0.3 is 10.1 Å². The van der Waals surface area contributed by atoms with Gasteiger partial charge in [0.2, 0.25) is 5.91 Å². The maximum absolute atomic E-state index is 12.7. The molecule has 2 heterocycles. The Balaban J connectivity index is 1.81. The number of nitrogens with zero attached hydrogens (tertiary/aromatic N) is 2. The van der Waals surface area contributed by atoms with Crippen LogP contribution in [0.1, 0.15) is 27.0 Å². The summed E-state index contributed by atoms with van der Waals surface area (Å²) in [6, 6.07) is 7.66. The molecular formula is C19H18N4O5S2. The monoisotopic (exact) mass is 446 g/mol. The van der Waals surface area contributed by atoms with Gasteiger partial charge in [-0.05, 0) is 25.1 Å². The maximum Gasteiger partial charge on any atom is 0.270 e. The van der Waals surface area contributed by atoms with E-state index in [1.807, 2.05) is 19.1 Å². The van der Waals surface area contributed by atoms with Crippen molar-refractivity contribution in [1.82, 2.24) is 10.3 Å². The first kappa shape index (κ1) is 21.4. The van der Waals surface area contributed by atoms with E-state index < -0.39 is 10.8 Å². The number of aryl methyl sites for hydroxylation is 1. The number of non-ortho nitro benzene ring substituents is 1. The number of nitro groups is 1. The lowest BCUT2D eigenvalue weighted by Crippen LogP contribution is -2.17. The van der Waals surface area contributed by atoms with Gasteiger partial charge in [0.15, 0.2) is 5.13 Å². The van der Waals surface area contributed by atoms with Crippen molar-refractivity contribution in [2.24, 2.45) is 0 Å². The van der Waals surface area contributed by atoms with E-state index in [-0.39, 0.29) is 22.9 Å². The molecule has 2 aromatic heterocycles. The maximum atomic E-state index is 12.7. The molecule has 3 rings (SSSR count). The van der Waals surface area contributed by atoms with Crippen molar-refractivity contribution >= 4 is 45.3 Å². The Hall–Kier alpha value is -3.31. The summed E-state index contributed by atoms with van der Waals surface area (Å²) in [5, 5.41) is 16.8. The largest absolute Gasteiger partial charge is 0.496 e. The van der Waals surface area contributed by atoms with Crippen LogP contribution >= 0.6 is 22.7 Å². The van der Waals surface area contributed by atoms with Crippen LogP contribution in [-0.4, -0.2) is 28.8 Å². The van der Waals surface area contributed by atoms with Gasteiger partial charge in [-0.25, -0.2) is 4.98 Å². The molecule has 9 nitrogen and oxygen atoms in total. The summed E-state index contributed by atoms with van der Waals surface area (Å²) in [4.78, 5) is 41.5. The third-order valence-corrected chi connectivity index (χ3v) is 6.04. The van der Waals surface area contributed by atoms with Crippen LogP contribution in [0.4, 0.5) is 10.8 Å². The Bertz CT molecular complexity index is 1120. The molecule has 0 atom stereocenters. The molecular weight excluding hydrogens is 428 g/mol. The summed E-state index contributed by atoms with van der Waals surface area (Å²) in [6.45, 7) is 3.80. The molecule has 2 N–H and O–H groups in total. The summed E-state index contributed by atoms with van der Waals surface area (Å²) in [5.41, 5.74) is 0.581. The number of hydrogen-bond donors (Lipinski definition) is 2. The minimum absolute atomic E-state index is 0.0508. The van der Waals surface area contributed by atoms with E-state index in [0.717, 1.165) is 20.3 Å². The number of nitro benzene ring substituents is 1. The minimum Gasteiger partial charge on any atom is -0.496 e. The van der Waals surface area contributed by atoms with Crippen LogP contribution in [0.15, 0.2) is 30.3 Å². The van der Waals surface area contributed by atoms with E-state index in [4.69, 9.17) is 4.74 Å². The summed E-state index contributed by atoms with van der Waals surface area (Å²) >= 11 is 2.81. The van der Waals surface area contributed by atoms with Gasteiger partial charge in [0, 0.05) is 28.8 Å². The fraction of sp³-hybridized carbons (Fsp3) is 0.211. The van der Waals surface area contributed by atoms with Crippen molar-refractivity contribution in [3.05, 3.63) is 55.8 Å². The molecule has 2 amide bonds. The van der Waals surface area contributed by atoms with Crippen molar-refractivity contribution in [3.8, 4) is 16.3 Å². The number of amides is 2. The second kappa shape index (κ2) is 9.01. The molecule has 0 bridgehead atoms. The predicted molar refractivity (Wildman–Crippen MR) is 115 cm³/mol. The van der Waals surface area contributed by atoms with E-state index in [9.17, 15) is 19.7 Å². The lowest BCUT2D eigenvalue weighted by molar-refractivity contribution is -0.384. The highest BCUT2D eigenvalue weighted by Crippen LogP contribution is 2.35. The molecule has 0 saturated heterocycles. The van der Waals surface area contributed by atoms with Crippen LogP contribution in [0.25, 0.3) is 10.6 Å². The number of anilines is 1. The Labute approximate surface area is 179 Å². The highest BCUT2D eigenvalue weighted by atomic mass is 32.1. The standard InChI is InChI=1S/C19H18N4O5S2/c1-10-17(16-7-5-13(30-16)9-20-11(2)24)21-19(29-10)22-18(25)14-8-12(23(26)27)4-6-15(14)28-3/h4-8H,9H2,1-3H3,(H,20,24)(H,21,22,25). The van der Waals surface area contributed by atoms with Gasteiger partial charge in [0.25, 0.3) is 11.6 Å². The number of rotatable bonds is 7. The van der Waals surface area contributed by atoms with Gasteiger partial charge in [0.05, 0.1) is 34.7 Å². The first-order valence-electron chi connectivity index (χ1n) is 8.73. The van der Waals surface area contributed by atoms with Crippen LogP contribution in [0.5, 0.6) is 5.75 Å². The van der Waals surface area contributed by atoms with E-state index in [2.05, 4.69) is 15.6 Å². The van der Waals surface area contributed by atoms with Gasteiger partial charge in [-0.1, -0.05) is 0 Å². The van der Waals surface area contributed by atoms with Crippen LogP contribution in [0.3, 0.4) is 0 Å². The average molecular weight is 447 g/mol. The topological polar surface area (TPSA) is 123 Å². The van der Waals surface area contributed by atoms with Crippen LogP contribution in [-0.2, 0) is 11.3 Å². The number of carbonyl (C=O) groups is 2. The predicted octanol–water partition coefficient (Wildman–Crippen LogP) is 3.99. The molecule has 0 saturated carbocycles. The Kier molecular flexibility index (Phi) is 6.43.